The summed E-state index contributed by atoms with van der Waals surface area (Å²) in [7, 11) is 0. The van der Waals surface area contributed by atoms with Gasteiger partial charge >= 0.3 is 0 Å². The first-order valence-electron chi connectivity index (χ1n) is 5.87. The zero-order valence-electron chi connectivity index (χ0n) is 9.67. The molecular weight excluding hydrogens is 188 g/mol. The van der Waals surface area contributed by atoms with Crippen LogP contribution in [0.1, 0.15) is 32.6 Å². The lowest BCUT2D eigenvalue weighted by Gasteiger charge is -2.26. The highest BCUT2D eigenvalue weighted by Gasteiger charge is 2.15. The average molecular weight is 210 g/mol. The van der Waals surface area contributed by atoms with Crippen molar-refractivity contribution in [3.63, 3.8) is 0 Å². The molecule has 15 heavy (non-hydrogen) atoms. The Balaban J connectivity index is 2.14. The molecule has 0 aromatic heterocycles. The highest BCUT2D eigenvalue weighted by atomic mass is 16.2. The van der Waals surface area contributed by atoms with Crippen molar-refractivity contribution >= 4 is 5.91 Å². The minimum Gasteiger partial charge on any atom is -0.343 e. The van der Waals surface area contributed by atoms with E-state index in [0.29, 0.717) is 18.4 Å². The van der Waals surface area contributed by atoms with E-state index < -0.39 is 0 Å². The van der Waals surface area contributed by atoms with Gasteiger partial charge in [0.05, 0.1) is 0 Å². The minimum atomic E-state index is 0.290. The molecule has 0 saturated carbocycles. The van der Waals surface area contributed by atoms with Crippen LogP contribution in [-0.2, 0) is 4.79 Å². The minimum absolute atomic E-state index is 0.290. The Morgan fingerprint density at radius 2 is 2.13 bits per heavy atom. The maximum absolute atomic E-state index is 11.7. The lowest BCUT2D eigenvalue weighted by molar-refractivity contribution is -0.131. The first-order chi connectivity index (χ1) is 7.24. The van der Waals surface area contributed by atoms with E-state index in [4.69, 9.17) is 0 Å². The fourth-order valence-electron chi connectivity index (χ4n) is 1.79. The van der Waals surface area contributed by atoms with Gasteiger partial charge in [-0.3, -0.25) is 4.79 Å². The second kappa shape index (κ2) is 6.62. The quantitative estimate of drug-likeness (QED) is 0.698. The summed E-state index contributed by atoms with van der Waals surface area (Å²) in [6.45, 7) is 8.39. The van der Waals surface area contributed by atoms with E-state index in [9.17, 15) is 4.79 Å². The highest BCUT2D eigenvalue weighted by molar-refractivity contribution is 5.76. The Morgan fingerprint density at radius 3 is 2.73 bits per heavy atom. The van der Waals surface area contributed by atoms with Crippen molar-refractivity contribution in [1.82, 2.24) is 10.2 Å². The third kappa shape index (κ3) is 4.47. The first-order valence-corrected chi connectivity index (χ1v) is 5.87. The lowest BCUT2D eigenvalue weighted by atomic mass is 10.1. The molecule has 0 aromatic rings. The highest BCUT2D eigenvalue weighted by Crippen LogP contribution is 2.09. The summed E-state index contributed by atoms with van der Waals surface area (Å²) in [6.07, 6.45) is 6.07. The molecule has 0 bridgehead atoms. The molecule has 1 saturated heterocycles. The van der Waals surface area contributed by atoms with Gasteiger partial charge in [-0.2, -0.15) is 0 Å². The van der Waals surface area contributed by atoms with E-state index in [2.05, 4.69) is 11.9 Å². The van der Waals surface area contributed by atoms with Gasteiger partial charge in [-0.1, -0.05) is 6.08 Å². The molecule has 1 aliphatic heterocycles. The van der Waals surface area contributed by atoms with E-state index >= 15 is 0 Å². The summed E-state index contributed by atoms with van der Waals surface area (Å²) < 4.78 is 0. The molecule has 86 valence electrons. The Hall–Kier alpha value is -0.830. The molecule has 1 heterocycles. The van der Waals surface area contributed by atoms with Crippen LogP contribution in [0.15, 0.2) is 12.7 Å². The van der Waals surface area contributed by atoms with E-state index in [0.717, 1.165) is 19.6 Å². The van der Waals surface area contributed by atoms with Crippen LogP contribution in [0.2, 0.25) is 0 Å². The number of hydrogen-bond acceptors (Lipinski definition) is 2. The Morgan fingerprint density at radius 1 is 1.47 bits per heavy atom. The van der Waals surface area contributed by atoms with Gasteiger partial charge in [0.2, 0.25) is 5.91 Å². The molecule has 0 aliphatic carbocycles. The standard InChI is InChI=1S/C12H22N2O/c1-3-11(2)13-8-7-12(15)14-9-5-4-6-10-14/h3,11,13H,1,4-10H2,2H3. The van der Waals surface area contributed by atoms with Crippen molar-refractivity contribution in [2.45, 2.75) is 38.6 Å². The molecule has 1 N–H and O–H groups in total. The molecule has 1 atom stereocenters. The van der Waals surface area contributed by atoms with Gasteiger partial charge < -0.3 is 10.2 Å². The second-order valence-electron chi connectivity index (χ2n) is 4.17. The van der Waals surface area contributed by atoms with E-state index in [1.165, 1.54) is 19.3 Å². The van der Waals surface area contributed by atoms with E-state index in [1.54, 1.807) is 0 Å². The molecular formula is C12H22N2O. The van der Waals surface area contributed by atoms with Crippen LogP contribution in [0.5, 0.6) is 0 Å². The maximum atomic E-state index is 11.7. The predicted molar refractivity (Wildman–Crippen MR) is 62.7 cm³/mol. The largest absolute Gasteiger partial charge is 0.343 e. The fourth-order valence-corrected chi connectivity index (χ4v) is 1.79. The third-order valence-electron chi connectivity index (χ3n) is 2.87. The molecule has 1 unspecified atom stereocenters. The molecule has 3 heteroatoms. The Labute approximate surface area is 92.5 Å². The maximum Gasteiger partial charge on any atom is 0.223 e. The second-order valence-corrected chi connectivity index (χ2v) is 4.17. The number of nitrogens with one attached hydrogen (secondary N) is 1. The number of carbonyl (C=O) groups is 1. The Bertz CT molecular complexity index is 210. The van der Waals surface area contributed by atoms with Crippen LogP contribution in [-0.4, -0.2) is 36.5 Å². The molecule has 1 aliphatic rings. The molecule has 1 rings (SSSR count). The first kappa shape index (κ1) is 12.2. The van der Waals surface area contributed by atoms with Gasteiger partial charge in [-0.25, -0.2) is 0 Å². The number of likely N-dealkylation sites (tertiary alicyclic amines) is 1. The van der Waals surface area contributed by atoms with Crippen molar-refractivity contribution in [1.29, 1.82) is 0 Å². The van der Waals surface area contributed by atoms with Crippen LogP contribution >= 0.6 is 0 Å². The summed E-state index contributed by atoms with van der Waals surface area (Å²) in [5.74, 6) is 0.290. The van der Waals surface area contributed by atoms with E-state index in [1.807, 2.05) is 17.9 Å². The molecule has 0 aromatic carbocycles. The monoisotopic (exact) mass is 210 g/mol. The number of nitrogens with zero attached hydrogens (tertiary/aromatic N) is 1. The van der Waals surface area contributed by atoms with Crippen molar-refractivity contribution in [3.8, 4) is 0 Å². The van der Waals surface area contributed by atoms with Crippen LogP contribution in [0.3, 0.4) is 0 Å². The summed E-state index contributed by atoms with van der Waals surface area (Å²) >= 11 is 0. The van der Waals surface area contributed by atoms with Gasteiger partial charge in [0, 0.05) is 32.1 Å². The summed E-state index contributed by atoms with van der Waals surface area (Å²) in [4.78, 5) is 13.7. The van der Waals surface area contributed by atoms with E-state index in [-0.39, 0.29) is 0 Å². The molecule has 1 amide bonds. The molecule has 3 nitrogen and oxygen atoms in total. The van der Waals surface area contributed by atoms with Gasteiger partial charge in [-0.05, 0) is 26.2 Å². The number of carbonyl (C=O) groups excluding carboxylic acids is 1. The van der Waals surface area contributed by atoms with Gasteiger partial charge in [0.25, 0.3) is 0 Å². The number of hydrogen-bond donors (Lipinski definition) is 1. The van der Waals surface area contributed by atoms with Crippen LogP contribution < -0.4 is 5.32 Å². The van der Waals surface area contributed by atoms with Crippen molar-refractivity contribution in [2.24, 2.45) is 0 Å². The third-order valence-corrected chi connectivity index (χ3v) is 2.87. The number of piperidine rings is 1. The number of amides is 1. The summed E-state index contributed by atoms with van der Waals surface area (Å²) in [5, 5.41) is 3.24. The molecule has 1 fully saturated rings. The van der Waals surface area contributed by atoms with Crippen molar-refractivity contribution in [2.75, 3.05) is 19.6 Å². The number of rotatable bonds is 5. The summed E-state index contributed by atoms with van der Waals surface area (Å²) in [5.41, 5.74) is 0. The van der Waals surface area contributed by atoms with Crippen molar-refractivity contribution in [3.05, 3.63) is 12.7 Å². The van der Waals surface area contributed by atoms with Crippen LogP contribution in [0, 0.1) is 0 Å². The molecule has 0 spiro atoms. The zero-order valence-corrected chi connectivity index (χ0v) is 9.67. The lowest BCUT2D eigenvalue weighted by Crippen LogP contribution is -2.37. The summed E-state index contributed by atoms with van der Waals surface area (Å²) in [6, 6.07) is 0.291. The SMILES string of the molecule is C=CC(C)NCCC(=O)N1CCCCC1. The van der Waals surface area contributed by atoms with Crippen molar-refractivity contribution < 1.29 is 4.79 Å². The van der Waals surface area contributed by atoms with Crippen LogP contribution in [0.4, 0.5) is 0 Å². The fraction of sp³-hybridized carbons (Fsp3) is 0.750. The Kier molecular flexibility index (Phi) is 5.40. The predicted octanol–water partition coefficient (Wildman–Crippen LogP) is 1.55. The zero-order chi connectivity index (χ0) is 11.1. The molecule has 0 radical (unpaired) electrons. The topological polar surface area (TPSA) is 32.3 Å². The van der Waals surface area contributed by atoms with Gasteiger partial charge in [0.15, 0.2) is 0 Å². The normalized spacial score (nSPS) is 18.6. The van der Waals surface area contributed by atoms with Gasteiger partial charge in [-0.15, -0.1) is 6.58 Å². The average Bonchev–Trinajstić information content (AvgIpc) is 2.29. The van der Waals surface area contributed by atoms with Gasteiger partial charge in [0.1, 0.15) is 0 Å². The van der Waals surface area contributed by atoms with Crippen LogP contribution in [0.25, 0.3) is 0 Å². The smallest absolute Gasteiger partial charge is 0.223 e.